The molecular weight excluding hydrogens is 480 g/mol. The van der Waals surface area contributed by atoms with E-state index >= 15 is 0 Å². The number of rotatable bonds is 5. The Labute approximate surface area is 227 Å². The fourth-order valence-corrected chi connectivity index (χ4v) is 6.36. The van der Waals surface area contributed by atoms with Crippen LogP contribution in [0, 0.1) is 24.7 Å². The lowest BCUT2D eigenvalue weighted by molar-refractivity contribution is -0.135. The zero-order chi connectivity index (χ0) is 27.4. The van der Waals surface area contributed by atoms with Crippen LogP contribution in [0.15, 0.2) is 24.3 Å². The third kappa shape index (κ3) is 6.68. The molecule has 1 saturated heterocycles. The van der Waals surface area contributed by atoms with Gasteiger partial charge >= 0.3 is 6.09 Å². The number of nitrogens with zero attached hydrogens (tertiary/aromatic N) is 2. The normalized spacial score (nSPS) is 30.2. The van der Waals surface area contributed by atoms with Crippen molar-refractivity contribution in [2.24, 2.45) is 23.5 Å². The monoisotopic (exact) mass is 526 g/mol. The predicted octanol–water partition coefficient (Wildman–Crippen LogP) is 4.45. The lowest BCUT2D eigenvalue weighted by Crippen LogP contribution is -2.65. The van der Waals surface area contributed by atoms with Gasteiger partial charge in [0.25, 0.3) is 11.8 Å². The van der Waals surface area contributed by atoms with Crippen LogP contribution in [0.25, 0.3) is 0 Å². The number of hydrogen-bond acceptors (Lipinski definition) is 5. The van der Waals surface area contributed by atoms with Crippen LogP contribution >= 0.6 is 0 Å². The Morgan fingerprint density at radius 1 is 0.974 bits per heavy atom. The average Bonchev–Trinajstić information content (AvgIpc) is 2.89. The first kappa shape index (κ1) is 28.4. The van der Waals surface area contributed by atoms with Crippen LogP contribution in [0.3, 0.4) is 0 Å². The molecule has 1 aromatic rings. The van der Waals surface area contributed by atoms with Gasteiger partial charge in [-0.25, -0.2) is 4.79 Å². The van der Waals surface area contributed by atoms with Crippen LogP contribution in [0.2, 0.25) is 0 Å². The van der Waals surface area contributed by atoms with Gasteiger partial charge in [-0.3, -0.25) is 14.5 Å². The Morgan fingerprint density at radius 2 is 1.63 bits per heavy atom. The number of carbonyl (C=O) groups is 3. The number of hydrogen-bond donors (Lipinski definition) is 2. The van der Waals surface area contributed by atoms with E-state index in [0.717, 1.165) is 50.5 Å². The number of ether oxygens (including phenoxy) is 1. The van der Waals surface area contributed by atoms with Gasteiger partial charge < -0.3 is 20.7 Å². The molecule has 1 heterocycles. The molecule has 2 saturated carbocycles. The molecule has 0 radical (unpaired) electrons. The zero-order valence-electron chi connectivity index (χ0n) is 23.5. The maximum absolute atomic E-state index is 13.8. The van der Waals surface area contributed by atoms with Crippen molar-refractivity contribution >= 4 is 17.9 Å². The van der Waals surface area contributed by atoms with E-state index in [2.05, 4.69) is 26.1 Å². The van der Waals surface area contributed by atoms with Crippen LogP contribution in [-0.2, 0) is 9.53 Å². The average molecular weight is 527 g/mol. The number of carbonyl (C=O) groups excluding carboxylic acids is 3. The highest BCUT2D eigenvalue weighted by Crippen LogP contribution is 2.36. The van der Waals surface area contributed by atoms with E-state index in [4.69, 9.17) is 10.5 Å². The fraction of sp³-hybridized carbons (Fsp3) is 0.700. The maximum atomic E-state index is 13.8. The molecule has 210 valence electrons. The third-order valence-electron chi connectivity index (χ3n) is 8.75. The number of benzene rings is 1. The van der Waals surface area contributed by atoms with Crippen molar-refractivity contribution in [2.45, 2.75) is 103 Å². The lowest BCUT2D eigenvalue weighted by atomic mass is 9.75. The van der Waals surface area contributed by atoms with E-state index < -0.39 is 12.3 Å². The van der Waals surface area contributed by atoms with Crippen LogP contribution in [-0.4, -0.2) is 65.2 Å². The number of nitrogens with two attached hydrogens (primary N) is 1. The minimum atomic E-state index is -1.04. The summed E-state index contributed by atoms with van der Waals surface area (Å²) in [6.07, 6.45) is 5.15. The molecule has 1 aliphatic heterocycles. The van der Waals surface area contributed by atoms with Gasteiger partial charge in [-0.15, -0.1) is 0 Å². The Morgan fingerprint density at radius 3 is 2.29 bits per heavy atom. The fourth-order valence-electron chi connectivity index (χ4n) is 6.36. The number of amides is 3. The van der Waals surface area contributed by atoms with Crippen molar-refractivity contribution in [1.82, 2.24) is 15.1 Å². The third-order valence-corrected chi connectivity index (χ3v) is 8.75. The van der Waals surface area contributed by atoms with Crippen LogP contribution in [0.4, 0.5) is 4.79 Å². The van der Waals surface area contributed by atoms with Crippen molar-refractivity contribution in [3.8, 4) is 0 Å². The molecule has 0 spiro atoms. The molecule has 3 N–H and O–H groups in total. The Balaban J connectivity index is 1.57. The van der Waals surface area contributed by atoms with E-state index in [-0.39, 0.29) is 30.0 Å². The molecule has 4 rings (SSSR count). The Bertz CT molecular complexity index is 973. The van der Waals surface area contributed by atoms with Crippen molar-refractivity contribution < 1.29 is 19.1 Å². The second kappa shape index (κ2) is 12.5. The highest BCUT2D eigenvalue weighted by molar-refractivity contribution is 5.98. The molecule has 1 aromatic carbocycles. The van der Waals surface area contributed by atoms with Crippen molar-refractivity contribution in [1.29, 1.82) is 0 Å². The van der Waals surface area contributed by atoms with E-state index in [1.807, 2.05) is 19.1 Å². The van der Waals surface area contributed by atoms with Crippen molar-refractivity contribution in [3.05, 3.63) is 35.4 Å². The number of aryl methyl sites for hydroxylation is 1. The van der Waals surface area contributed by atoms with Gasteiger partial charge in [0.2, 0.25) is 0 Å². The van der Waals surface area contributed by atoms with Crippen LogP contribution < -0.4 is 11.1 Å². The van der Waals surface area contributed by atoms with Crippen LogP contribution in [0.5, 0.6) is 0 Å². The number of nitrogens with one attached hydrogen (secondary N) is 1. The maximum Gasteiger partial charge on any atom is 0.412 e. The van der Waals surface area contributed by atoms with E-state index in [0.29, 0.717) is 42.8 Å². The van der Waals surface area contributed by atoms with Gasteiger partial charge in [0.1, 0.15) is 6.10 Å². The van der Waals surface area contributed by atoms with Gasteiger partial charge in [-0.2, -0.15) is 0 Å². The summed E-state index contributed by atoms with van der Waals surface area (Å²) in [6, 6.07) is 7.49. The molecule has 3 fully saturated rings. The summed E-state index contributed by atoms with van der Waals surface area (Å²) in [5.74, 6) is 0.613. The second-order valence-corrected chi connectivity index (χ2v) is 12.2. The Hall–Kier alpha value is -2.61. The molecule has 2 aliphatic carbocycles. The van der Waals surface area contributed by atoms with E-state index in [1.165, 1.54) is 4.90 Å². The second-order valence-electron chi connectivity index (χ2n) is 12.2. The summed E-state index contributed by atoms with van der Waals surface area (Å²) in [7, 11) is 0. The molecule has 3 aliphatic rings. The molecule has 4 unspecified atom stereocenters. The van der Waals surface area contributed by atoms with Gasteiger partial charge in [0, 0.05) is 30.7 Å². The highest BCUT2D eigenvalue weighted by atomic mass is 16.6. The standard InChI is InChI=1S/C30H46N4O4/c1-19(2)25-15-8-21(4)18-26(25)38-30(37)34-17-5-16-33(29(36)22-9-6-20(3)7-10-22)28(34)27(35)32-24-13-11-23(31)12-14-24/h6-7,9-10,19,21,23-26,28H,5,8,11-18,31H2,1-4H3,(H,32,35). The summed E-state index contributed by atoms with van der Waals surface area (Å²) in [5.41, 5.74) is 7.63. The summed E-state index contributed by atoms with van der Waals surface area (Å²) >= 11 is 0. The first-order valence-corrected chi connectivity index (χ1v) is 14.5. The molecule has 4 atom stereocenters. The van der Waals surface area contributed by atoms with Crippen LogP contribution in [0.1, 0.15) is 88.1 Å². The van der Waals surface area contributed by atoms with E-state index in [9.17, 15) is 14.4 Å². The minimum Gasteiger partial charge on any atom is -0.446 e. The zero-order valence-corrected chi connectivity index (χ0v) is 23.5. The Kier molecular flexibility index (Phi) is 9.34. The van der Waals surface area contributed by atoms with Gasteiger partial charge in [0.15, 0.2) is 6.17 Å². The quantitative estimate of drug-likeness (QED) is 0.590. The van der Waals surface area contributed by atoms with Crippen molar-refractivity contribution in [2.75, 3.05) is 13.1 Å². The van der Waals surface area contributed by atoms with Gasteiger partial charge in [-0.1, -0.05) is 44.9 Å². The van der Waals surface area contributed by atoms with Gasteiger partial charge in [0.05, 0.1) is 0 Å². The molecular formula is C30H46N4O4. The van der Waals surface area contributed by atoms with Crippen molar-refractivity contribution in [3.63, 3.8) is 0 Å². The topological polar surface area (TPSA) is 105 Å². The molecule has 8 heteroatoms. The first-order chi connectivity index (χ1) is 18.1. The highest BCUT2D eigenvalue weighted by Gasteiger charge is 2.43. The first-order valence-electron chi connectivity index (χ1n) is 14.5. The summed E-state index contributed by atoms with van der Waals surface area (Å²) in [6.45, 7) is 9.30. The van der Waals surface area contributed by atoms with E-state index in [1.54, 1.807) is 17.0 Å². The minimum absolute atomic E-state index is 0.0112. The summed E-state index contributed by atoms with van der Waals surface area (Å²) in [4.78, 5) is 44.2. The molecule has 3 amide bonds. The molecule has 38 heavy (non-hydrogen) atoms. The lowest BCUT2D eigenvalue weighted by Gasteiger charge is -2.44. The summed E-state index contributed by atoms with van der Waals surface area (Å²) < 4.78 is 6.16. The summed E-state index contributed by atoms with van der Waals surface area (Å²) in [5, 5.41) is 3.14. The molecule has 8 nitrogen and oxygen atoms in total. The SMILES string of the molecule is Cc1ccc(C(=O)N2CCCN(C(=O)OC3CC(C)CCC3C(C)C)C2C(=O)NC2CCC(N)CC2)cc1. The smallest absolute Gasteiger partial charge is 0.412 e. The van der Waals surface area contributed by atoms with Gasteiger partial charge in [-0.05, 0) is 81.8 Å². The molecule has 0 aromatic heterocycles. The largest absolute Gasteiger partial charge is 0.446 e. The molecule has 0 bridgehead atoms. The predicted molar refractivity (Wildman–Crippen MR) is 147 cm³/mol.